The second kappa shape index (κ2) is 5.63. The number of halogens is 4. The molecule has 0 aromatic heterocycles. The van der Waals surface area contributed by atoms with Crippen molar-refractivity contribution in [2.75, 3.05) is 10.6 Å². The average molecular weight is 376 g/mol. The van der Waals surface area contributed by atoms with Gasteiger partial charge in [-0.25, -0.2) is 0 Å². The summed E-state index contributed by atoms with van der Waals surface area (Å²) < 4.78 is 0. The lowest BCUT2D eigenvalue weighted by atomic mass is 10.1. The molecule has 0 fully saturated rings. The van der Waals surface area contributed by atoms with Gasteiger partial charge in [0, 0.05) is 0 Å². The minimum atomic E-state index is -0.548. The highest BCUT2D eigenvalue weighted by atomic mass is 35.5. The van der Waals surface area contributed by atoms with Crippen molar-refractivity contribution in [1.29, 1.82) is 0 Å². The summed E-state index contributed by atoms with van der Waals surface area (Å²) in [7, 11) is 0. The van der Waals surface area contributed by atoms with E-state index in [1.807, 2.05) is 0 Å². The van der Waals surface area contributed by atoms with Crippen molar-refractivity contribution in [2.24, 2.45) is 0 Å². The molecule has 4 nitrogen and oxygen atoms in total. The molecule has 112 valence electrons. The van der Waals surface area contributed by atoms with Gasteiger partial charge in [0.05, 0.1) is 42.6 Å². The Balaban J connectivity index is 2.28. The Morgan fingerprint density at radius 2 is 0.909 bits per heavy atom. The van der Waals surface area contributed by atoms with Crippen LogP contribution >= 0.6 is 46.4 Å². The molecule has 1 aliphatic rings. The van der Waals surface area contributed by atoms with Crippen LogP contribution in [0, 0.1) is 0 Å². The first-order valence-corrected chi connectivity index (χ1v) is 7.50. The summed E-state index contributed by atoms with van der Waals surface area (Å²) >= 11 is 24.2. The minimum Gasteiger partial charge on any atom is -0.320 e. The van der Waals surface area contributed by atoms with E-state index >= 15 is 0 Å². The molecule has 0 saturated heterocycles. The first kappa shape index (κ1) is 15.4. The zero-order valence-electron chi connectivity index (χ0n) is 10.6. The maximum Gasteiger partial charge on any atom is 0.259 e. The standard InChI is InChI=1S/C14H6Cl4N2O2/c15-5-1-3-7(17)11-9(5)13(21)20-12-8(18)4-2-6(16)10(12)14(22)19-11/h1-4H,(H,19,22)(H,20,21). The van der Waals surface area contributed by atoms with Crippen molar-refractivity contribution in [3.05, 3.63) is 55.5 Å². The molecule has 22 heavy (non-hydrogen) atoms. The molecule has 1 aliphatic heterocycles. The molecule has 0 atom stereocenters. The van der Waals surface area contributed by atoms with Gasteiger partial charge in [-0.3, -0.25) is 9.59 Å². The largest absolute Gasteiger partial charge is 0.320 e. The van der Waals surface area contributed by atoms with Gasteiger partial charge in [-0.2, -0.15) is 0 Å². The summed E-state index contributed by atoms with van der Waals surface area (Å²) in [5.41, 5.74) is 0.366. The number of carbonyl (C=O) groups excluding carboxylic acids is 2. The first-order valence-electron chi connectivity index (χ1n) is 5.99. The van der Waals surface area contributed by atoms with Gasteiger partial charge in [0.2, 0.25) is 0 Å². The minimum absolute atomic E-state index is 0.0595. The van der Waals surface area contributed by atoms with E-state index < -0.39 is 11.8 Å². The lowest BCUT2D eigenvalue weighted by Crippen LogP contribution is -2.25. The van der Waals surface area contributed by atoms with E-state index in [9.17, 15) is 9.59 Å². The van der Waals surface area contributed by atoms with Gasteiger partial charge in [0.25, 0.3) is 11.8 Å². The first-order chi connectivity index (χ1) is 10.4. The van der Waals surface area contributed by atoms with Crippen molar-refractivity contribution >= 4 is 69.6 Å². The number of fused-ring (bicyclic) bond motifs is 2. The molecule has 2 N–H and O–H groups in total. The fourth-order valence-electron chi connectivity index (χ4n) is 2.14. The van der Waals surface area contributed by atoms with Gasteiger partial charge in [0.1, 0.15) is 0 Å². The van der Waals surface area contributed by atoms with Crippen LogP contribution in [0.5, 0.6) is 0 Å². The Labute approximate surface area is 145 Å². The summed E-state index contributed by atoms with van der Waals surface area (Å²) in [6, 6.07) is 5.91. The molecule has 2 aromatic carbocycles. The fraction of sp³-hybridized carbons (Fsp3) is 0. The number of rotatable bonds is 0. The van der Waals surface area contributed by atoms with Crippen LogP contribution in [0.15, 0.2) is 24.3 Å². The molecule has 2 aromatic rings. The van der Waals surface area contributed by atoms with Crippen molar-refractivity contribution in [1.82, 2.24) is 0 Å². The highest BCUT2D eigenvalue weighted by Gasteiger charge is 2.28. The molecule has 0 aliphatic carbocycles. The maximum atomic E-state index is 12.5. The third-order valence-electron chi connectivity index (χ3n) is 3.14. The number of benzene rings is 2. The van der Waals surface area contributed by atoms with Gasteiger partial charge < -0.3 is 10.6 Å². The molecule has 1 heterocycles. The van der Waals surface area contributed by atoms with E-state index in [2.05, 4.69) is 10.6 Å². The van der Waals surface area contributed by atoms with E-state index in [0.717, 1.165) is 0 Å². The predicted octanol–water partition coefficient (Wildman–Crippen LogP) is 5.12. The summed E-state index contributed by atoms with van der Waals surface area (Å²) in [5.74, 6) is -1.10. The molecule has 0 bridgehead atoms. The Morgan fingerprint density at radius 3 is 1.27 bits per heavy atom. The highest BCUT2D eigenvalue weighted by molar-refractivity contribution is 6.43. The molecule has 8 heteroatoms. The van der Waals surface area contributed by atoms with E-state index in [-0.39, 0.29) is 42.6 Å². The van der Waals surface area contributed by atoms with Crippen LogP contribution in [-0.4, -0.2) is 11.8 Å². The Morgan fingerprint density at radius 1 is 0.591 bits per heavy atom. The van der Waals surface area contributed by atoms with Crippen LogP contribution in [0.4, 0.5) is 11.4 Å². The Kier molecular flexibility index (Phi) is 3.95. The summed E-state index contributed by atoms with van der Waals surface area (Å²) in [5, 5.41) is 5.81. The molecule has 2 amide bonds. The highest BCUT2D eigenvalue weighted by Crippen LogP contribution is 2.38. The van der Waals surface area contributed by atoms with Crippen LogP contribution in [0.2, 0.25) is 20.1 Å². The fourth-order valence-corrected chi connectivity index (χ4v) is 3.04. The van der Waals surface area contributed by atoms with Crippen molar-refractivity contribution in [3.8, 4) is 0 Å². The van der Waals surface area contributed by atoms with Crippen molar-refractivity contribution in [3.63, 3.8) is 0 Å². The van der Waals surface area contributed by atoms with Crippen molar-refractivity contribution in [2.45, 2.75) is 0 Å². The number of amides is 2. The van der Waals surface area contributed by atoms with E-state index in [0.29, 0.717) is 0 Å². The molecular weight excluding hydrogens is 370 g/mol. The van der Waals surface area contributed by atoms with Gasteiger partial charge in [0.15, 0.2) is 0 Å². The van der Waals surface area contributed by atoms with Crippen LogP contribution in [0.25, 0.3) is 0 Å². The van der Waals surface area contributed by atoms with Crippen LogP contribution in [0.3, 0.4) is 0 Å². The van der Waals surface area contributed by atoms with Crippen LogP contribution in [0.1, 0.15) is 20.7 Å². The number of anilines is 2. The SMILES string of the molecule is O=C1Nc2c(Cl)ccc(Cl)c2C(=O)Nc2c(Cl)ccc(Cl)c21. The zero-order valence-corrected chi connectivity index (χ0v) is 13.7. The molecule has 0 spiro atoms. The number of nitrogens with one attached hydrogen (secondary N) is 2. The summed E-state index contributed by atoms with van der Waals surface area (Å²) in [6.07, 6.45) is 0. The van der Waals surface area contributed by atoms with E-state index in [1.165, 1.54) is 24.3 Å². The lowest BCUT2D eigenvalue weighted by Gasteiger charge is -2.21. The quantitative estimate of drug-likeness (QED) is 0.671. The predicted molar refractivity (Wildman–Crippen MR) is 88.8 cm³/mol. The van der Waals surface area contributed by atoms with E-state index in [1.54, 1.807) is 0 Å². The van der Waals surface area contributed by atoms with Crippen molar-refractivity contribution < 1.29 is 9.59 Å². The Hall–Kier alpha value is -1.46. The Bertz CT molecular complexity index is 767. The van der Waals surface area contributed by atoms with Gasteiger partial charge in [-0.05, 0) is 24.3 Å². The van der Waals surface area contributed by atoms with Crippen LogP contribution in [-0.2, 0) is 0 Å². The molecule has 0 radical (unpaired) electrons. The third-order valence-corrected chi connectivity index (χ3v) is 4.40. The molecule has 0 unspecified atom stereocenters. The second-order valence-corrected chi connectivity index (χ2v) is 6.10. The van der Waals surface area contributed by atoms with Gasteiger partial charge >= 0.3 is 0 Å². The summed E-state index contributed by atoms with van der Waals surface area (Å²) in [4.78, 5) is 24.9. The summed E-state index contributed by atoms with van der Waals surface area (Å²) in [6.45, 7) is 0. The normalized spacial score (nSPS) is 13.5. The third kappa shape index (κ3) is 2.42. The molecule has 0 saturated carbocycles. The smallest absolute Gasteiger partial charge is 0.259 e. The van der Waals surface area contributed by atoms with Gasteiger partial charge in [-0.15, -0.1) is 0 Å². The van der Waals surface area contributed by atoms with Crippen LogP contribution < -0.4 is 10.6 Å². The number of hydrogen-bond acceptors (Lipinski definition) is 2. The monoisotopic (exact) mass is 374 g/mol. The molecular formula is C14H6Cl4N2O2. The second-order valence-electron chi connectivity index (χ2n) is 4.47. The lowest BCUT2D eigenvalue weighted by molar-refractivity contribution is 0.102. The number of hydrogen-bond donors (Lipinski definition) is 2. The zero-order chi connectivity index (χ0) is 16.0. The van der Waals surface area contributed by atoms with E-state index in [4.69, 9.17) is 46.4 Å². The topological polar surface area (TPSA) is 58.2 Å². The maximum absolute atomic E-state index is 12.5. The molecule has 3 rings (SSSR count). The average Bonchev–Trinajstić information content (AvgIpc) is 2.45. The van der Waals surface area contributed by atoms with Gasteiger partial charge in [-0.1, -0.05) is 46.4 Å². The number of carbonyl (C=O) groups is 2.